The van der Waals surface area contributed by atoms with Crippen molar-refractivity contribution in [3.8, 4) is 0 Å². The molecule has 2 N–H and O–H groups in total. The molecule has 1 atom stereocenters. The van der Waals surface area contributed by atoms with E-state index in [9.17, 15) is 12.8 Å². The van der Waals surface area contributed by atoms with Gasteiger partial charge < -0.3 is 5.11 Å². The molecule has 0 saturated carbocycles. The van der Waals surface area contributed by atoms with Crippen molar-refractivity contribution in [3.05, 3.63) is 0 Å². The fourth-order valence-electron chi connectivity index (χ4n) is 0.0942. The van der Waals surface area contributed by atoms with Gasteiger partial charge in [0.25, 0.3) is 10.1 Å². The maximum absolute atomic E-state index is 11.6. The van der Waals surface area contributed by atoms with Crippen molar-refractivity contribution < 1.29 is 22.5 Å². The summed E-state index contributed by atoms with van der Waals surface area (Å²) in [6.45, 7) is -1.21. The van der Waals surface area contributed by atoms with Crippen LogP contribution >= 0.6 is 0 Å². The molecule has 0 amide bonds. The van der Waals surface area contributed by atoms with Gasteiger partial charge in [-0.3, -0.25) is 4.55 Å². The molecule has 0 aromatic heterocycles. The van der Waals surface area contributed by atoms with E-state index in [0.717, 1.165) is 0 Å². The third kappa shape index (κ3) is 5.25. The maximum atomic E-state index is 11.6. The number of aliphatic hydroxyl groups is 1. The molecule has 0 spiro atoms. The van der Waals surface area contributed by atoms with Crippen molar-refractivity contribution in [2.24, 2.45) is 0 Å². The van der Waals surface area contributed by atoms with Crippen LogP contribution in [0.5, 0.6) is 0 Å². The molecule has 0 aromatic rings. The molecule has 0 aliphatic carbocycles. The smallest absolute Gasteiger partial charge is 0.299 e. The zero-order valence-electron chi connectivity index (χ0n) is 4.78. The summed E-state index contributed by atoms with van der Waals surface area (Å²) in [4.78, 5) is 0. The largest absolute Gasteiger partial charge is 0.392 e. The van der Waals surface area contributed by atoms with E-state index in [1.165, 1.54) is 0 Å². The average molecular weight is 167 g/mol. The first-order valence-electron chi connectivity index (χ1n) is 1.69. The van der Waals surface area contributed by atoms with Gasteiger partial charge in [-0.15, -0.1) is 0 Å². The molecule has 0 rings (SSSR count). The third-order valence-electron chi connectivity index (χ3n) is 0.467. The van der Waals surface area contributed by atoms with Crippen molar-refractivity contribution in [3.63, 3.8) is 0 Å². The van der Waals surface area contributed by atoms with Crippen LogP contribution in [0.3, 0.4) is 0 Å². The van der Waals surface area contributed by atoms with Crippen molar-refractivity contribution in [1.29, 1.82) is 0 Å². The normalized spacial score (nSPS) is 14.1. The molecular weight excluding hydrogens is 162 g/mol. The number of rotatable bonds is 2. The van der Waals surface area contributed by atoms with Crippen molar-refractivity contribution in [1.82, 2.24) is 0 Å². The Kier molecular flexibility index (Phi) is 6.36. The summed E-state index contributed by atoms with van der Waals surface area (Å²) in [5, 5.41) is 7.76. The van der Waals surface area contributed by atoms with Crippen molar-refractivity contribution >= 4 is 39.7 Å². The quantitative estimate of drug-likeness (QED) is 0.399. The molecule has 0 aromatic carbocycles. The molecule has 7 heteroatoms. The van der Waals surface area contributed by atoms with E-state index in [1.54, 1.807) is 0 Å². The predicted molar refractivity (Wildman–Crippen MR) is 29.3 cm³/mol. The molecule has 0 saturated heterocycles. The summed E-state index contributed by atoms with van der Waals surface area (Å²) >= 11 is 0. The minimum absolute atomic E-state index is 0. The minimum Gasteiger partial charge on any atom is -0.392 e. The Labute approximate surface area is 74.1 Å². The van der Waals surface area contributed by atoms with E-state index in [2.05, 4.69) is 0 Å². The van der Waals surface area contributed by atoms with Gasteiger partial charge in [0.2, 0.25) is 5.50 Å². The van der Waals surface area contributed by atoms with Gasteiger partial charge in [0, 0.05) is 29.6 Å². The first-order chi connectivity index (χ1) is 3.48. The van der Waals surface area contributed by atoms with Gasteiger partial charge >= 0.3 is 0 Å². The Balaban J connectivity index is 0. The van der Waals surface area contributed by atoms with Crippen LogP contribution in [-0.2, 0) is 10.1 Å². The minimum atomic E-state index is -4.67. The second kappa shape index (κ2) is 4.59. The first kappa shape index (κ1) is 12.5. The average Bonchev–Trinajstić information content (AvgIpc) is 1.62. The molecule has 4 nitrogen and oxygen atoms in total. The molecular formula is C2H5FNaO4S. The Morgan fingerprint density at radius 1 is 1.56 bits per heavy atom. The molecule has 0 fully saturated rings. The topological polar surface area (TPSA) is 74.6 Å². The van der Waals surface area contributed by atoms with E-state index >= 15 is 0 Å². The standard InChI is InChI=1S/C2H5FO4S.Na/c3-2(1-4)8(5,6)7;/h2,4H,1H2,(H,5,6,7);. The van der Waals surface area contributed by atoms with Crippen LogP contribution < -0.4 is 0 Å². The summed E-state index contributed by atoms with van der Waals surface area (Å²) in [6.07, 6.45) is 0. The van der Waals surface area contributed by atoms with Crippen molar-refractivity contribution in [2.45, 2.75) is 5.50 Å². The van der Waals surface area contributed by atoms with Crippen LogP contribution in [-0.4, -0.2) is 59.7 Å². The summed E-state index contributed by atoms with van der Waals surface area (Å²) in [5.41, 5.74) is -2.57. The molecule has 0 aliphatic heterocycles. The maximum Gasteiger partial charge on any atom is 0.299 e. The zero-order chi connectivity index (χ0) is 6.78. The van der Waals surface area contributed by atoms with Gasteiger partial charge in [-0.1, -0.05) is 0 Å². The van der Waals surface area contributed by atoms with Crippen LogP contribution in [0.15, 0.2) is 0 Å². The number of hydrogen-bond donors (Lipinski definition) is 2. The number of aliphatic hydroxyl groups excluding tert-OH is 1. The van der Waals surface area contributed by atoms with Gasteiger partial charge in [-0.2, -0.15) is 8.42 Å². The van der Waals surface area contributed by atoms with Crippen LogP contribution in [0.2, 0.25) is 0 Å². The molecule has 1 unspecified atom stereocenters. The second-order valence-electron chi connectivity index (χ2n) is 1.11. The zero-order valence-corrected chi connectivity index (χ0v) is 7.60. The summed E-state index contributed by atoms with van der Waals surface area (Å²) in [5.74, 6) is 0. The SMILES string of the molecule is O=S(=O)(O)C(F)CO.[Na]. The van der Waals surface area contributed by atoms with E-state index in [0.29, 0.717) is 0 Å². The van der Waals surface area contributed by atoms with Gasteiger partial charge in [0.1, 0.15) is 0 Å². The van der Waals surface area contributed by atoms with E-state index in [1.807, 2.05) is 0 Å². The van der Waals surface area contributed by atoms with E-state index < -0.39 is 22.2 Å². The van der Waals surface area contributed by atoms with Gasteiger partial charge in [0.15, 0.2) is 0 Å². The summed E-state index contributed by atoms with van der Waals surface area (Å²) in [6, 6.07) is 0. The fraction of sp³-hybridized carbons (Fsp3) is 1.00. The van der Waals surface area contributed by atoms with Gasteiger partial charge in [-0.25, -0.2) is 4.39 Å². The van der Waals surface area contributed by atoms with Crippen LogP contribution in [0.4, 0.5) is 4.39 Å². The molecule has 0 heterocycles. The summed E-state index contributed by atoms with van der Waals surface area (Å²) in [7, 11) is -4.67. The van der Waals surface area contributed by atoms with Gasteiger partial charge in [0.05, 0.1) is 6.61 Å². The molecule has 1 radical (unpaired) electrons. The molecule has 9 heavy (non-hydrogen) atoms. The van der Waals surface area contributed by atoms with Crippen LogP contribution in [0, 0.1) is 0 Å². The van der Waals surface area contributed by atoms with E-state index in [-0.39, 0.29) is 29.6 Å². The number of halogens is 1. The van der Waals surface area contributed by atoms with Crippen LogP contribution in [0.1, 0.15) is 0 Å². The fourth-order valence-corrected chi connectivity index (χ4v) is 0.283. The third-order valence-corrected chi connectivity index (χ3v) is 1.26. The predicted octanol–water partition coefficient (Wildman–Crippen LogP) is -1.22. The van der Waals surface area contributed by atoms with Crippen LogP contribution in [0.25, 0.3) is 0 Å². The Bertz CT molecular complexity index is 154. The number of hydrogen-bond acceptors (Lipinski definition) is 3. The second-order valence-corrected chi connectivity index (χ2v) is 2.65. The number of alkyl halides is 1. The summed E-state index contributed by atoms with van der Waals surface area (Å²) < 4.78 is 38.4. The van der Waals surface area contributed by atoms with Gasteiger partial charge in [-0.05, 0) is 0 Å². The Morgan fingerprint density at radius 2 is 1.89 bits per heavy atom. The molecule has 0 bridgehead atoms. The Morgan fingerprint density at radius 3 is 1.89 bits per heavy atom. The Hall–Kier alpha value is 0.800. The molecule has 0 aliphatic rings. The van der Waals surface area contributed by atoms with Crippen molar-refractivity contribution in [2.75, 3.05) is 6.61 Å². The first-order valence-corrected chi connectivity index (χ1v) is 3.20. The van der Waals surface area contributed by atoms with E-state index in [4.69, 9.17) is 9.66 Å². The molecule has 51 valence electrons. The monoisotopic (exact) mass is 167 g/mol.